The van der Waals surface area contributed by atoms with E-state index in [0.717, 1.165) is 15.4 Å². The third-order valence-electron chi connectivity index (χ3n) is 2.66. The molecule has 100 valence electrons. The lowest BCUT2D eigenvalue weighted by atomic mass is 10.2. The number of hydrogen-bond acceptors (Lipinski definition) is 6. The van der Waals surface area contributed by atoms with Gasteiger partial charge >= 0.3 is 0 Å². The van der Waals surface area contributed by atoms with Gasteiger partial charge in [-0.05, 0) is 12.1 Å². The second-order valence-corrected chi connectivity index (χ2v) is 4.95. The maximum Gasteiger partial charge on any atom is 0.181 e. The number of aromatic amines is 1. The minimum atomic E-state index is 0.0829. The lowest BCUT2D eigenvalue weighted by Gasteiger charge is -2.03. The number of benzene rings is 1. The molecule has 0 spiro atoms. The molecule has 0 bridgehead atoms. The molecule has 4 N–H and O–H groups in total. The molecule has 0 saturated carbocycles. The second-order valence-electron chi connectivity index (χ2n) is 3.89. The van der Waals surface area contributed by atoms with Crippen LogP contribution in [0.25, 0.3) is 11.2 Å². The quantitative estimate of drug-likeness (QED) is 0.221. The van der Waals surface area contributed by atoms with Crippen molar-refractivity contribution < 1.29 is 5.21 Å². The fourth-order valence-electron chi connectivity index (χ4n) is 1.68. The molecule has 20 heavy (non-hydrogen) atoms. The molecule has 2 heterocycles. The van der Waals surface area contributed by atoms with Gasteiger partial charge in [0.15, 0.2) is 11.5 Å². The summed E-state index contributed by atoms with van der Waals surface area (Å²) in [6.07, 6.45) is 3.07. The van der Waals surface area contributed by atoms with Gasteiger partial charge in [-0.15, -0.1) is 0 Å². The molecule has 0 radical (unpaired) electrons. The molecule has 1 aromatic carbocycles. The number of H-pyrrole nitrogens is 1. The van der Waals surface area contributed by atoms with E-state index in [1.165, 1.54) is 18.1 Å². The van der Waals surface area contributed by atoms with Gasteiger partial charge in [-0.2, -0.15) is 0 Å². The summed E-state index contributed by atoms with van der Waals surface area (Å²) < 4.78 is 0. The zero-order valence-electron chi connectivity index (χ0n) is 10.2. The third-order valence-corrected chi connectivity index (χ3v) is 3.67. The van der Waals surface area contributed by atoms with E-state index in [-0.39, 0.29) is 5.84 Å². The maximum absolute atomic E-state index is 8.62. The molecule has 8 heteroatoms. The van der Waals surface area contributed by atoms with E-state index in [4.69, 9.17) is 10.9 Å². The molecule has 3 aromatic rings. The van der Waals surface area contributed by atoms with Crippen molar-refractivity contribution >= 4 is 28.8 Å². The van der Waals surface area contributed by atoms with Crippen molar-refractivity contribution in [3.8, 4) is 0 Å². The van der Waals surface area contributed by atoms with Gasteiger partial charge in [0.05, 0.1) is 6.33 Å². The van der Waals surface area contributed by atoms with E-state index in [0.29, 0.717) is 11.2 Å². The molecular weight excluding hydrogens is 276 g/mol. The Balaban J connectivity index is 1.89. The summed E-state index contributed by atoms with van der Waals surface area (Å²) in [6.45, 7) is 0. The van der Waals surface area contributed by atoms with E-state index < -0.39 is 0 Å². The Morgan fingerprint density at radius 1 is 1.20 bits per heavy atom. The van der Waals surface area contributed by atoms with Crippen molar-refractivity contribution in [1.29, 1.82) is 0 Å². The average molecular weight is 286 g/mol. The first-order chi connectivity index (χ1) is 9.78. The summed E-state index contributed by atoms with van der Waals surface area (Å²) >= 11 is 1.48. The van der Waals surface area contributed by atoms with Crippen molar-refractivity contribution in [2.24, 2.45) is 10.9 Å². The molecule has 0 saturated heterocycles. The predicted octanol–water partition coefficient (Wildman–Crippen LogP) is 1.60. The van der Waals surface area contributed by atoms with E-state index in [2.05, 4.69) is 25.1 Å². The standard InChI is InChI=1S/C12H10N6OS/c13-10(18-19)7-1-3-8(4-2-7)20-12-9-11(15-5-14-9)16-6-17-12/h1-6,19H,(H2,13,18)(H,14,15,16,17). The summed E-state index contributed by atoms with van der Waals surface area (Å²) in [5, 5.41) is 12.4. The summed E-state index contributed by atoms with van der Waals surface area (Å²) in [7, 11) is 0. The summed E-state index contributed by atoms with van der Waals surface area (Å²) in [6, 6.07) is 7.32. The molecule has 0 fully saturated rings. The molecule has 3 rings (SSSR count). The number of imidazole rings is 1. The molecule has 0 aliphatic carbocycles. The van der Waals surface area contributed by atoms with Gasteiger partial charge in [0.1, 0.15) is 16.9 Å². The molecule has 0 amide bonds. The molecule has 0 aliphatic heterocycles. The predicted molar refractivity (Wildman–Crippen MR) is 74.8 cm³/mol. The zero-order chi connectivity index (χ0) is 13.9. The Hall–Kier alpha value is -2.61. The summed E-state index contributed by atoms with van der Waals surface area (Å²) in [5.41, 5.74) is 7.61. The van der Waals surface area contributed by atoms with Crippen LogP contribution in [-0.2, 0) is 0 Å². The molecule has 2 aromatic heterocycles. The fraction of sp³-hybridized carbons (Fsp3) is 0. The number of aromatic nitrogens is 4. The molecule has 0 aliphatic rings. The Morgan fingerprint density at radius 3 is 2.75 bits per heavy atom. The molecule has 0 unspecified atom stereocenters. The van der Waals surface area contributed by atoms with Crippen molar-refractivity contribution in [2.45, 2.75) is 9.92 Å². The van der Waals surface area contributed by atoms with E-state index in [1.54, 1.807) is 18.5 Å². The van der Waals surface area contributed by atoms with Crippen molar-refractivity contribution in [3.63, 3.8) is 0 Å². The largest absolute Gasteiger partial charge is 0.409 e. The monoisotopic (exact) mass is 286 g/mol. The highest BCUT2D eigenvalue weighted by Crippen LogP contribution is 2.29. The number of rotatable bonds is 3. The van der Waals surface area contributed by atoms with Crippen LogP contribution in [0.5, 0.6) is 0 Å². The minimum Gasteiger partial charge on any atom is -0.409 e. The fourth-order valence-corrected chi connectivity index (χ4v) is 2.53. The van der Waals surface area contributed by atoms with Gasteiger partial charge in [0, 0.05) is 10.5 Å². The van der Waals surface area contributed by atoms with Crippen LogP contribution < -0.4 is 5.73 Å². The Bertz CT molecular complexity index is 767. The first-order valence-corrected chi connectivity index (χ1v) is 6.49. The van der Waals surface area contributed by atoms with Gasteiger partial charge in [0.25, 0.3) is 0 Å². The van der Waals surface area contributed by atoms with Crippen molar-refractivity contribution in [1.82, 2.24) is 19.9 Å². The number of amidine groups is 1. The topological polar surface area (TPSA) is 113 Å². The number of oxime groups is 1. The zero-order valence-corrected chi connectivity index (χ0v) is 11.0. The number of nitrogens with two attached hydrogens (primary N) is 1. The highest BCUT2D eigenvalue weighted by molar-refractivity contribution is 7.99. The van der Waals surface area contributed by atoms with Crippen LogP contribution in [0.4, 0.5) is 0 Å². The number of hydrogen-bond donors (Lipinski definition) is 3. The number of nitrogens with one attached hydrogen (secondary N) is 1. The van der Waals surface area contributed by atoms with E-state index in [1.807, 2.05) is 12.1 Å². The van der Waals surface area contributed by atoms with Crippen LogP contribution >= 0.6 is 11.8 Å². The van der Waals surface area contributed by atoms with E-state index >= 15 is 0 Å². The second kappa shape index (κ2) is 5.17. The van der Waals surface area contributed by atoms with Crippen LogP contribution in [0.3, 0.4) is 0 Å². The van der Waals surface area contributed by atoms with Gasteiger partial charge < -0.3 is 15.9 Å². The van der Waals surface area contributed by atoms with Crippen LogP contribution in [0, 0.1) is 0 Å². The lowest BCUT2D eigenvalue weighted by Crippen LogP contribution is -2.12. The minimum absolute atomic E-state index is 0.0829. The molecule has 0 atom stereocenters. The van der Waals surface area contributed by atoms with Crippen LogP contribution in [0.1, 0.15) is 5.56 Å². The van der Waals surface area contributed by atoms with Crippen LogP contribution in [0.2, 0.25) is 0 Å². The summed E-state index contributed by atoms with van der Waals surface area (Å²) in [4.78, 5) is 16.4. The van der Waals surface area contributed by atoms with Crippen LogP contribution in [0.15, 0.2) is 52.0 Å². The first kappa shape index (κ1) is 12.4. The highest BCUT2D eigenvalue weighted by Gasteiger charge is 2.08. The lowest BCUT2D eigenvalue weighted by molar-refractivity contribution is 0.318. The Morgan fingerprint density at radius 2 is 2.00 bits per heavy atom. The van der Waals surface area contributed by atoms with Gasteiger partial charge in [-0.25, -0.2) is 15.0 Å². The van der Waals surface area contributed by atoms with Gasteiger partial charge in [-0.1, -0.05) is 29.1 Å². The van der Waals surface area contributed by atoms with Gasteiger partial charge in [0.2, 0.25) is 0 Å². The van der Waals surface area contributed by atoms with Crippen LogP contribution in [-0.4, -0.2) is 31.0 Å². The third kappa shape index (κ3) is 2.28. The van der Waals surface area contributed by atoms with Crippen molar-refractivity contribution in [3.05, 3.63) is 42.5 Å². The smallest absolute Gasteiger partial charge is 0.181 e. The maximum atomic E-state index is 8.62. The van der Waals surface area contributed by atoms with E-state index in [9.17, 15) is 0 Å². The summed E-state index contributed by atoms with van der Waals surface area (Å²) in [5.74, 6) is 0.0829. The highest BCUT2D eigenvalue weighted by atomic mass is 32.2. The first-order valence-electron chi connectivity index (χ1n) is 5.68. The van der Waals surface area contributed by atoms with Gasteiger partial charge in [-0.3, -0.25) is 0 Å². The average Bonchev–Trinajstić information content (AvgIpc) is 2.97. The normalized spacial score (nSPS) is 11.9. The molecular formula is C12H10N6OS. The Kier molecular flexibility index (Phi) is 3.21. The molecule has 7 nitrogen and oxygen atoms in total. The SMILES string of the molecule is NC(=NO)c1ccc(Sc2ncnc3nc[nH]c23)cc1. The van der Waals surface area contributed by atoms with Crippen molar-refractivity contribution in [2.75, 3.05) is 0 Å². The number of nitrogens with zero attached hydrogens (tertiary/aromatic N) is 4. The number of fused-ring (bicyclic) bond motifs is 1. The Labute approximate surface area is 118 Å².